The SMILES string of the molecule is Cc1noc(C)c1CN1CCCN(C(=O)Nc2ccc(F)c(F)c2F)CC1. The van der Waals surface area contributed by atoms with Crippen molar-refractivity contribution in [1.29, 1.82) is 0 Å². The van der Waals surface area contributed by atoms with Crippen molar-refractivity contribution in [3.63, 3.8) is 0 Å². The third kappa shape index (κ3) is 4.24. The molecule has 1 aliphatic heterocycles. The number of benzene rings is 1. The number of anilines is 1. The molecule has 2 aromatic rings. The number of aryl methyl sites for hydroxylation is 2. The summed E-state index contributed by atoms with van der Waals surface area (Å²) in [6.07, 6.45) is 0.733. The largest absolute Gasteiger partial charge is 0.361 e. The lowest BCUT2D eigenvalue weighted by Gasteiger charge is -2.22. The number of nitrogens with zero attached hydrogens (tertiary/aromatic N) is 3. The topological polar surface area (TPSA) is 61.6 Å². The Morgan fingerprint density at radius 3 is 2.63 bits per heavy atom. The lowest BCUT2D eigenvalue weighted by molar-refractivity contribution is 0.210. The lowest BCUT2D eigenvalue weighted by Crippen LogP contribution is -2.38. The number of aromatic nitrogens is 1. The van der Waals surface area contributed by atoms with Crippen molar-refractivity contribution in [1.82, 2.24) is 15.0 Å². The summed E-state index contributed by atoms with van der Waals surface area (Å²) in [6, 6.07) is 1.24. The Morgan fingerprint density at radius 2 is 1.93 bits per heavy atom. The van der Waals surface area contributed by atoms with Gasteiger partial charge in [0, 0.05) is 38.3 Å². The highest BCUT2D eigenvalue weighted by atomic mass is 19.2. The van der Waals surface area contributed by atoms with Gasteiger partial charge in [0.1, 0.15) is 5.76 Å². The zero-order chi connectivity index (χ0) is 19.6. The minimum absolute atomic E-state index is 0.379. The van der Waals surface area contributed by atoms with Gasteiger partial charge in [0.05, 0.1) is 11.4 Å². The van der Waals surface area contributed by atoms with Crippen molar-refractivity contribution < 1.29 is 22.5 Å². The standard InChI is InChI=1S/C18H21F3N4O2/c1-11-13(12(2)27-23-11)10-24-6-3-7-25(9-8-24)18(26)22-15-5-4-14(19)16(20)17(15)21/h4-5H,3,6-10H2,1-2H3,(H,22,26). The normalized spacial score (nSPS) is 15.7. The lowest BCUT2D eigenvalue weighted by atomic mass is 10.2. The van der Waals surface area contributed by atoms with Crippen LogP contribution in [-0.2, 0) is 6.54 Å². The summed E-state index contributed by atoms with van der Waals surface area (Å²) in [7, 11) is 0. The fourth-order valence-corrected chi connectivity index (χ4v) is 3.10. The molecule has 0 radical (unpaired) electrons. The highest BCUT2D eigenvalue weighted by Crippen LogP contribution is 2.21. The number of halogens is 3. The van der Waals surface area contributed by atoms with E-state index in [1.165, 1.54) is 4.90 Å². The molecule has 2 amide bonds. The number of rotatable bonds is 3. The summed E-state index contributed by atoms with van der Waals surface area (Å²) < 4.78 is 45.2. The van der Waals surface area contributed by atoms with Crippen LogP contribution in [0.1, 0.15) is 23.4 Å². The molecule has 0 atom stereocenters. The summed E-state index contributed by atoms with van der Waals surface area (Å²) in [6.45, 7) is 6.75. The molecule has 0 unspecified atom stereocenters. The van der Waals surface area contributed by atoms with E-state index in [-0.39, 0.29) is 5.69 Å². The average molecular weight is 382 g/mol. The fourth-order valence-electron chi connectivity index (χ4n) is 3.10. The summed E-state index contributed by atoms with van der Waals surface area (Å²) in [5.41, 5.74) is 1.51. The van der Waals surface area contributed by atoms with E-state index in [4.69, 9.17) is 4.52 Å². The van der Waals surface area contributed by atoms with Gasteiger partial charge >= 0.3 is 6.03 Å². The first-order valence-electron chi connectivity index (χ1n) is 8.70. The van der Waals surface area contributed by atoms with E-state index in [1.807, 2.05) is 13.8 Å². The molecule has 1 fully saturated rings. The van der Waals surface area contributed by atoms with Crippen LogP contribution in [0.25, 0.3) is 0 Å². The molecule has 2 heterocycles. The third-order valence-corrected chi connectivity index (χ3v) is 4.72. The second-order valence-corrected chi connectivity index (χ2v) is 6.57. The van der Waals surface area contributed by atoms with Crippen molar-refractivity contribution in [2.45, 2.75) is 26.8 Å². The zero-order valence-corrected chi connectivity index (χ0v) is 15.2. The van der Waals surface area contributed by atoms with Crippen LogP contribution in [0.2, 0.25) is 0 Å². The molecule has 1 aliphatic rings. The van der Waals surface area contributed by atoms with Crippen molar-refractivity contribution in [3.8, 4) is 0 Å². The van der Waals surface area contributed by atoms with Gasteiger partial charge < -0.3 is 14.7 Å². The Bertz CT molecular complexity index is 821. The van der Waals surface area contributed by atoms with Crippen LogP contribution in [0.15, 0.2) is 16.7 Å². The predicted molar refractivity (Wildman–Crippen MR) is 92.8 cm³/mol. The Balaban J connectivity index is 1.61. The highest BCUT2D eigenvalue weighted by molar-refractivity contribution is 5.89. The van der Waals surface area contributed by atoms with E-state index in [0.717, 1.165) is 42.1 Å². The number of carbonyl (C=O) groups is 1. The summed E-state index contributed by atoms with van der Waals surface area (Å²) in [4.78, 5) is 16.1. The van der Waals surface area contributed by atoms with Crippen LogP contribution in [0, 0.1) is 31.3 Å². The zero-order valence-electron chi connectivity index (χ0n) is 15.2. The average Bonchev–Trinajstić information content (AvgIpc) is 2.85. The molecule has 0 aliphatic carbocycles. The molecule has 1 aromatic carbocycles. The number of hydrogen-bond acceptors (Lipinski definition) is 4. The molecule has 0 bridgehead atoms. The van der Waals surface area contributed by atoms with Crippen LogP contribution >= 0.6 is 0 Å². The maximum Gasteiger partial charge on any atom is 0.321 e. The first-order chi connectivity index (χ1) is 12.9. The fraction of sp³-hybridized carbons (Fsp3) is 0.444. The summed E-state index contributed by atoms with van der Waals surface area (Å²) >= 11 is 0. The maximum absolute atomic E-state index is 13.7. The molecular formula is C18H21F3N4O2. The van der Waals surface area contributed by atoms with E-state index >= 15 is 0 Å². The second kappa shape index (κ2) is 7.99. The molecule has 6 nitrogen and oxygen atoms in total. The van der Waals surface area contributed by atoms with Crippen LogP contribution in [0.3, 0.4) is 0 Å². The van der Waals surface area contributed by atoms with Gasteiger partial charge in [0.15, 0.2) is 17.5 Å². The van der Waals surface area contributed by atoms with Gasteiger partial charge in [-0.3, -0.25) is 4.90 Å². The molecule has 1 aromatic heterocycles. The molecule has 1 N–H and O–H groups in total. The van der Waals surface area contributed by atoms with E-state index in [1.54, 1.807) is 0 Å². The molecule has 0 spiro atoms. The summed E-state index contributed by atoms with van der Waals surface area (Å²) in [5, 5.41) is 6.26. The number of hydrogen-bond donors (Lipinski definition) is 1. The molecule has 1 saturated heterocycles. The minimum Gasteiger partial charge on any atom is -0.361 e. The highest BCUT2D eigenvalue weighted by Gasteiger charge is 2.23. The Morgan fingerprint density at radius 1 is 1.15 bits per heavy atom. The smallest absolute Gasteiger partial charge is 0.321 e. The number of urea groups is 1. The molecular weight excluding hydrogens is 361 g/mol. The van der Waals surface area contributed by atoms with Gasteiger partial charge in [0.25, 0.3) is 0 Å². The number of amides is 2. The van der Waals surface area contributed by atoms with Crippen molar-refractivity contribution in [3.05, 3.63) is 46.6 Å². The van der Waals surface area contributed by atoms with E-state index < -0.39 is 23.5 Å². The van der Waals surface area contributed by atoms with Crippen LogP contribution in [0.5, 0.6) is 0 Å². The predicted octanol–water partition coefficient (Wildman–Crippen LogP) is 3.45. The molecule has 146 valence electrons. The number of carbonyl (C=O) groups excluding carboxylic acids is 1. The quantitative estimate of drug-likeness (QED) is 0.826. The Hall–Kier alpha value is -2.55. The van der Waals surface area contributed by atoms with Crippen LogP contribution in [-0.4, -0.2) is 47.2 Å². The second-order valence-electron chi connectivity index (χ2n) is 6.57. The van der Waals surface area contributed by atoms with Gasteiger partial charge in [-0.05, 0) is 32.4 Å². The molecule has 27 heavy (non-hydrogen) atoms. The summed E-state index contributed by atoms with van der Waals surface area (Å²) in [5.74, 6) is -3.53. The van der Waals surface area contributed by atoms with Gasteiger partial charge in [-0.15, -0.1) is 0 Å². The third-order valence-electron chi connectivity index (χ3n) is 4.72. The Kier molecular flexibility index (Phi) is 5.69. The molecule has 0 saturated carbocycles. The van der Waals surface area contributed by atoms with Gasteiger partial charge in [-0.25, -0.2) is 18.0 Å². The van der Waals surface area contributed by atoms with E-state index in [9.17, 15) is 18.0 Å². The minimum atomic E-state index is -1.60. The Labute approximate surface area is 154 Å². The van der Waals surface area contributed by atoms with Crippen LogP contribution in [0.4, 0.5) is 23.7 Å². The van der Waals surface area contributed by atoms with Crippen molar-refractivity contribution in [2.24, 2.45) is 0 Å². The first-order valence-corrected chi connectivity index (χ1v) is 8.70. The van der Waals surface area contributed by atoms with Crippen molar-refractivity contribution >= 4 is 11.7 Å². The van der Waals surface area contributed by atoms with Crippen molar-refractivity contribution in [2.75, 3.05) is 31.5 Å². The van der Waals surface area contributed by atoms with E-state index in [2.05, 4.69) is 15.4 Å². The van der Waals surface area contributed by atoms with Gasteiger partial charge in [-0.2, -0.15) is 0 Å². The van der Waals surface area contributed by atoms with E-state index in [0.29, 0.717) is 26.2 Å². The molecule has 3 rings (SSSR count). The monoisotopic (exact) mass is 382 g/mol. The number of nitrogens with one attached hydrogen (secondary N) is 1. The van der Waals surface area contributed by atoms with Crippen LogP contribution < -0.4 is 5.32 Å². The molecule has 9 heteroatoms. The van der Waals surface area contributed by atoms with Gasteiger partial charge in [0.2, 0.25) is 0 Å². The van der Waals surface area contributed by atoms with Gasteiger partial charge in [-0.1, -0.05) is 5.16 Å². The first kappa shape index (κ1) is 19.2. The maximum atomic E-state index is 13.7.